The fourth-order valence-electron chi connectivity index (χ4n) is 7.48. The van der Waals surface area contributed by atoms with Crippen LogP contribution in [-0.2, 0) is 9.59 Å². The molecule has 0 amide bonds. The highest BCUT2D eigenvalue weighted by Crippen LogP contribution is 2.81. The summed E-state index contributed by atoms with van der Waals surface area (Å²) >= 11 is 0. The normalized spacial score (nSPS) is 60.6. The van der Waals surface area contributed by atoms with E-state index in [1.54, 1.807) is 0 Å². The summed E-state index contributed by atoms with van der Waals surface area (Å²) in [5, 5.41) is 0. The lowest BCUT2D eigenvalue weighted by molar-refractivity contribution is -0.166. The number of allylic oxidation sites excluding steroid dienone is 1. The standard InChI is InChI=1S/C19H24O2/c1-10-5-4-7-17(2)11(10)6-8-19-13(17)9-12-14(15(19)20)18(12,3)16(19)21/h11-14H,1,4-9H2,2-3H3/t11-,12-,13+,14?,17-,18-,19+/m1/s1. The molecule has 1 spiro atoms. The fourth-order valence-corrected chi connectivity index (χ4v) is 7.48. The lowest BCUT2D eigenvalue weighted by atomic mass is 9.42. The molecule has 4 bridgehead atoms. The Morgan fingerprint density at radius 1 is 1.19 bits per heavy atom. The molecular weight excluding hydrogens is 260 g/mol. The first-order chi connectivity index (χ1) is 9.88. The summed E-state index contributed by atoms with van der Waals surface area (Å²) in [6, 6.07) is 0. The van der Waals surface area contributed by atoms with E-state index < -0.39 is 5.41 Å². The molecule has 0 aromatic heterocycles. The fraction of sp³-hybridized carbons (Fsp3) is 0.789. The number of hydrogen-bond donors (Lipinski definition) is 0. The van der Waals surface area contributed by atoms with E-state index in [2.05, 4.69) is 20.4 Å². The van der Waals surface area contributed by atoms with Crippen LogP contribution in [0.15, 0.2) is 12.2 Å². The van der Waals surface area contributed by atoms with Gasteiger partial charge in [-0.05, 0) is 61.7 Å². The predicted molar refractivity (Wildman–Crippen MR) is 79.5 cm³/mol. The molecule has 0 N–H and O–H groups in total. The average Bonchev–Trinajstić information content (AvgIpc) is 3.02. The van der Waals surface area contributed by atoms with Crippen molar-refractivity contribution in [3.05, 3.63) is 12.2 Å². The topological polar surface area (TPSA) is 34.1 Å². The lowest BCUT2D eigenvalue weighted by Gasteiger charge is -2.60. The molecule has 0 aromatic rings. The highest BCUT2D eigenvalue weighted by atomic mass is 16.2. The number of carbonyl (C=O) groups excluding carboxylic acids is 2. The van der Waals surface area contributed by atoms with Crippen molar-refractivity contribution in [2.75, 3.05) is 0 Å². The summed E-state index contributed by atoms with van der Waals surface area (Å²) in [7, 11) is 0. The molecule has 6 aliphatic carbocycles. The van der Waals surface area contributed by atoms with E-state index in [1.165, 1.54) is 18.4 Å². The van der Waals surface area contributed by atoms with Crippen molar-refractivity contribution in [3.63, 3.8) is 0 Å². The number of hydrogen-bond acceptors (Lipinski definition) is 2. The van der Waals surface area contributed by atoms with Crippen LogP contribution >= 0.6 is 0 Å². The van der Waals surface area contributed by atoms with Crippen molar-refractivity contribution < 1.29 is 9.59 Å². The number of rotatable bonds is 0. The minimum absolute atomic E-state index is 0.0909. The molecule has 112 valence electrons. The smallest absolute Gasteiger partial charge is 0.153 e. The Morgan fingerprint density at radius 2 is 1.95 bits per heavy atom. The Labute approximate surface area is 126 Å². The second-order valence-electron chi connectivity index (χ2n) is 8.93. The van der Waals surface area contributed by atoms with E-state index in [-0.39, 0.29) is 16.7 Å². The third-order valence-corrected chi connectivity index (χ3v) is 8.54. The number of ketones is 2. The molecule has 7 atom stereocenters. The Bertz CT molecular complexity index is 619. The van der Waals surface area contributed by atoms with E-state index >= 15 is 0 Å². The zero-order valence-electron chi connectivity index (χ0n) is 13.1. The van der Waals surface area contributed by atoms with Gasteiger partial charge in [-0.2, -0.15) is 0 Å². The molecule has 0 aliphatic heterocycles. The van der Waals surface area contributed by atoms with Crippen LogP contribution in [0.4, 0.5) is 0 Å². The Morgan fingerprint density at radius 3 is 2.62 bits per heavy atom. The van der Waals surface area contributed by atoms with Crippen LogP contribution in [0.5, 0.6) is 0 Å². The number of Topliss-reactive ketones (excluding diaryl/α,β-unsaturated/α-hetero) is 2. The molecule has 2 nitrogen and oxygen atoms in total. The maximum Gasteiger partial charge on any atom is 0.153 e. The third kappa shape index (κ3) is 1.01. The van der Waals surface area contributed by atoms with E-state index in [0.29, 0.717) is 29.3 Å². The molecule has 2 heteroatoms. The highest BCUT2D eigenvalue weighted by Gasteiger charge is 2.87. The minimum atomic E-state index is -0.586. The van der Waals surface area contributed by atoms with Gasteiger partial charge in [0.15, 0.2) is 11.6 Å². The lowest BCUT2D eigenvalue weighted by Crippen LogP contribution is -2.60. The van der Waals surface area contributed by atoms with Gasteiger partial charge in [0, 0.05) is 11.3 Å². The maximum atomic E-state index is 13.2. The predicted octanol–water partition coefficient (Wildman–Crippen LogP) is 3.55. The molecule has 6 fully saturated rings. The first-order valence-corrected chi connectivity index (χ1v) is 8.65. The van der Waals surface area contributed by atoms with Crippen LogP contribution in [-0.4, -0.2) is 11.6 Å². The van der Waals surface area contributed by atoms with Crippen molar-refractivity contribution in [2.24, 2.45) is 39.9 Å². The van der Waals surface area contributed by atoms with Gasteiger partial charge in [0.1, 0.15) is 0 Å². The van der Waals surface area contributed by atoms with Gasteiger partial charge in [-0.1, -0.05) is 26.0 Å². The van der Waals surface area contributed by atoms with Crippen molar-refractivity contribution in [3.8, 4) is 0 Å². The zero-order chi connectivity index (χ0) is 14.8. The third-order valence-electron chi connectivity index (χ3n) is 8.54. The van der Waals surface area contributed by atoms with Crippen LogP contribution in [0.1, 0.15) is 52.4 Å². The molecule has 0 heterocycles. The Kier molecular flexibility index (Phi) is 1.93. The first-order valence-electron chi connectivity index (χ1n) is 8.65. The SMILES string of the molecule is C=C1CCC[C@]2(C)[C@@H]1CC[C@@]13C(=O)C4[C@@H](C[C@H]12)[C@@]4(C)C3=O. The van der Waals surface area contributed by atoms with Gasteiger partial charge in [-0.3, -0.25) is 9.59 Å². The largest absolute Gasteiger partial charge is 0.298 e. The summed E-state index contributed by atoms with van der Waals surface area (Å²) < 4.78 is 0. The number of fused-ring (bicyclic) bond motifs is 1. The maximum absolute atomic E-state index is 13.2. The van der Waals surface area contributed by atoms with Crippen LogP contribution in [0.3, 0.4) is 0 Å². The van der Waals surface area contributed by atoms with E-state index in [0.717, 1.165) is 25.7 Å². The Hall–Kier alpha value is -0.920. The Balaban J connectivity index is 1.67. The minimum Gasteiger partial charge on any atom is -0.298 e. The summed E-state index contributed by atoms with van der Waals surface area (Å²) in [5.74, 6) is 1.99. The van der Waals surface area contributed by atoms with E-state index in [1.807, 2.05) is 0 Å². The molecule has 6 saturated carbocycles. The van der Waals surface area contributed by atoms with Gasteiger partial charge in [-0.25, -0.2) is 0 Å². The molecular formula is C19H24O2. The molecule has 0 saturated heterocycles. The molecule has 21 heavy (non-hydrogen) atoms. The summed E-state index contributed by atoms with van der Waals surface area (Å²) in [5.41, 5.74) is 0.686. The number of carbonyl (C=O) groups is 2. The van der Waals surface area contributed by atoms with Crippen LogP contribution in [0.25, 0.3) is 0 Å². The first kappa shape index (κ1) is 12.6. The molecule has 6 aliphatic rings. The van der Waals surface area contributed by atoms with Crippen molar-refractivity contribution >= 4 is 11.6 Å². The van der Waals surface area contributed by atoms with Crippen molar-refractivity contribution in [1.82, 2.24) is 0 Å². The van der Waals surface area contributed by atoms with Gasteiger partial charge >= 0.3 is 0 Å². The van der Waals surface area contributed by atoms with Gasteiger partial charge in [-0.15, -0.1) is 0 Å². The van der Waals surface area contributed by atoms with Gasteiger partial charge in [0.2, 0.25) is 0 Å². The van der Waals surface area contributed by atoms with Crippen LogP contribution in [0, 0.1) is 39.9 Å². The summed E-state index contributed by atoms with van der Waals surface area (Å²) in [6.07, 6.45) is 6.46. The molecule has 0 radical (unpaired) electrons. The second kappa shape index (κ2) is 3.21. The van der Waals surface area contributed by atoms with E-state index in [9.17, 15) is 9.59 Å². The van der Waals surface area contributed by atoms with Gasteiger partial charge in [0.25, 0.3) is 0 Å². The highest BCUT2D eigenvalue weighted by molar-refractivity contribution is 6.22. The molecule has 6 rings (SSSR count). The zero-order valence-corrected chi connectivity index (χ0v) is 13.1. The quantitative estimate of drug-likeness (QED) is 0.503. The summed E-state index contributed by atoms with van der Waals surface area (Å²) in [4.78, 5) is 26.2. The second-order valence-corrected chi connectivity index (χ2v) is 8.93. The van der Waals surface area contributed by atoms with Crippen molar-refractivity contribution in [1.29, 1.82) is 0 Å². The van der Waals surface area contributed by atoms with Crippen molar-refractivity contribution in [2.45, 2.75) is 52.4 Å². The van der Waals surface area contributed by atoms with Gasteiger partial charge in [0.05, 0.1) is 5.41 Å². The van der Waals surface area contributed by atoms with Gasteiger partial charge < -0.3 is 0 Å². The van der Waals surface area contributed by atoms with Crippen LogP contribution in [0.2, 0.25) is 0 Å². The van der Waals surface area contributed by atoms with E-state index in [4.69, 9.17) is 0 Å². The molecule has 0 aromatic carbocycles. The monoisotopic (exact) mass is 284 g/mol. The van der Waals surface area contributed by atoms with Crippen LogP contribution < -0.4 is 0 Å². The average molecular weight is 284 g/mol. The molecule has 1 unspecified atom stereocenters. The summed E-state index contributed by atoms with van der Waals surface area (Å²) in [6.45, 7) is 8.77.